The molecule has 1 unspecified atom stereocenters. The van der Waals surface area contributed by atoms with Gasteiger partial charge in [0.05, 0.1) is 6.10 Å². The minimum absolute atomic E-state index is 0.119. The molecule has 0 aromatic carbocycles. The molecule has 0 fully saturated rings. The second-order valence-electron chi connectivity index (χ2n) is 3.29. The molecule has 0 aliphatic heterocycles. The number of fused-ring (bicyclic) bond motifs is 1. The van der Waals surface area contributed by atoms with Crippen molar-refractivity contribution < 1.29 is 9.90 Å². The normalized spacial score (nSPS) is 22.2. The number of aliphatic hydroxyl groups is 1. The summed E-state index contributed by atoms with van der Waals surface area (Å²) < 4.78 is 0. The second kappa shape index (κ2) is 3.26. The van der Waals surface area contributed by atoms with Crippen LogP contribution in [0.4, 0.5) is 0 Å². The van der Waals surface area contributed by atoms with Gasteiger partial charge in [0.1, 0.15) is 0 Å². The fraction of sp³-hybridized carbons (Fsp3) is 0.400. The first kappa shape index (κ1) is 8.38. The maximum atomic E-state index is 11.5. The highest BCUT2D eigenvalue weighted by Gasteiger charge is 2.21. The molecule has 0 saturated carbocycles. The minimum atomic E-state index is -0.518. The lowest BCUT2D eigenvalue weighted by molar-refractivity contribution is 0.0981. The maximum absolute atomic E-state index is 11.5. The Hall–Kier alpha value is -1.22. The summed E-state index contributed by atoms with van der Waals surface area (Å²) in [5.41, 5.74) is 1.32. The van der Waals surface area contributed by atoms with Gasteiger partial charge in [0.2, 0.25) is 0 Å². The molecule has 1 N–H and O–H groups in total. The molecule has 1 aliphatic rings. The third-order valence-corrected chi connectivity index (χ3v) is 2.39. The van der Waals surface area contributed by atoms with Crippen LogP contribution in [0.3, 0.4) is 0 Å². The summed E-state index contributed by atoms with van der Waals surface area (Å²) in [6, 6.07) is 1.69. The van der Waals surface area contributed by atoms with Gasteiger partial charge in [-0.25, -0.2) is 0 Å². The number of nitrogens with zero attached hydrogens (tertiary/aromatic N) is 1. The molecule has 0 saturated heterocycles. The summed E-state index contributed by atoms with van der Waals surface area (Å²) in [4.78, 5) is 15.4. The van der Waals surface area contributed by atoms with E-state index in [0.29, 0.717) is 24.0 Å². The van der Waals surface area contributed by atoms with Crippen LogP contribution < -0.4 is 0 Å². The van der Waals surface area contributed by atoms with Gasteiger partial charge >= 0.3 is 0 Å². The molecule has 1 aromatic rings. The number of carbonyl (C=O) groups is 1. The van der Waals surface area contributed by atoms with E-state index in [9.17, 15) is 9.90 Å². The molecule has 3 heteroatoms. The second-order valence-corrected chi connectivity index (χ2v) is 3.29. The summed E-state index contributed by atoms with van der Waals surface area (Å²) in [6.45, 7) is 0. The smallest absolute Gasteiger partial charge is 0.163 e. The highest BCUT2D eigenvalue weighted by molar-refractivity contribution is 5.97. The Bertz CT molecular complexity index is 335. The molecule has 0 spiro atoms. The molecule has 1 aromatic heterocycles. The molecule has 0 radical (unpaired) electrons. The molecule has 1 atom stereocenters. The summed E-state index contributed by atoms with van der Waals surface area (Å²) in [5, 5.41) is 9.67. The lowest BCUT2D eigenvalue weighted by Crippen LogP contribution is -2.03. The number of hydrogen-bond acceptors (Lipinski definition) is 3. The van der Waals surface area contributed by atoms with Crippen LogP contribution in [0.1, 0.15) is 41.3 Å². The number of Topliss-reactive ketones (excluding diaryl/α,β-unsaturated/α-hetero) is 1. The lowest BCUT2D eigenvalue weighted by Gasteiger charge is -2.08. The van der Waals surface area contributed by atoms with E-state index >= 15 is 0 Å². The van der Waals surface area contributed by atoms with Crippen LogP contribution in [-0.2, 0) is 0 Å². The molecular formula is C10H11NO2. The highest BCUT2D eigenvalue weighted by atomic mass is 16.3. The van der Waals surface area contributed by atoms with E-state index in [2.05, 4.69) is 4.98 Å². The van der Waals surface area contributed by atoms with Crippen molar-refractivity contribution in [2.45, 2.75) is 25.4 Å². The number of rotatable bonds is 0. The molecule has 13 heavy (non-hydrogen) atoms. The number of ketones is 1. The van der Waals surface area contributed by atoms with E-state index < -0.39 is 6.10 Å². The average molecular weight is 177 g/mol. The van der Waals surface area contributed by atoms with Crippen LogP contribution in [0.5, 0.6) is 0 Å². The fourth-order valence-corrected chi connectivity index (χ4v) is 1.67. The summed E-state index contributed by atoms with van der Waals surface area (Å²) in [5.74, 6) is 0.119. The SMILES string of the molecule is O=C1CCCC(O)c2cnccc21. The highest BCUT2D eigenvalue weighted by Crippen LogP contribution is 2.27. The Morgan fingerprint density at radius 2 is 2.38 bits per heavy atom. The number of pyridine rings is 1. The molecule has 1 aliphatic carbocycles. The topological polar surface area (TPSA) is 50.2 Å². The molecule has 0 amide bonds. The Morgan fingerprint density at radius 3 is 3.23 bits per heavy atom. The molecule has 0 bridgehead atoms. The molecular weight excluding hydrogens is 166 g/mol. The van der Waals surface area contributed by atoms with Gasteiger partial charge in [-0.3, -0.25) is 9.78 Å². The van der Waals surface area contributed by atoms with Crippen LogP contribution in [-0.4, -0.2) is 15.9 Å². The van der Waals surface area contributed by atoms with Crippen molar-refractivity contribution in [3.8, 4) is 0 Å². The van der Waals surface area contributed by atoms with E-state index in [4.69, 9.17) is 0 Å². The summed E-state index contributed by atoms with van der Waals surface area (Å²) in [7, 11) is 0. The zero-order valence-electron chi connectivity index (χ0n) is 7.23. The first-order chi connectivity index (χ1) is 6.29. The van der Waals surface area contributed by atoms with E-state index in [-0.39, 0.29) is 5.78 Å². The summed E-state index contributed by atoms with van der Waals surface area (Å²) in [6.07, 6.45) is 4.61. The van der Waals surface area contributed by atoms with Crippen LogP contribution in [0.15, 0.2) is 18.5 Å². The van der Waals surface area contributed by atoms with Gasteiger partial charge in [0.25, 0.3) is 0 Å². The molecule has 1 heterocycles. The van der Waals surface area contributed by atoms with Gasteiger partial charge in [-0.05, 0) is 18.9 Å². The maximum Gasteiger partial charge on any atom is 0.163 e. The van der Waals surface area contributed by atoms with Gasteiger partial charge in [0.15, 0.2) is 5.78 Å². The predicted octanol–water partition coefficient (Wildman–Crippen LogP) is 1.48. The van der Waals surface area contributed by atoms with Crippen molar-refractivity contribution in [2.24, 2.45) is 0 Å². The van der Waals surface area contributed by atoms with Gasteiger partial charge in [-0.1, -0.05) is 0 Å². The third kappa shape index (κ3) is 1.47. The average Bonchev–Trinajstić information content (AvgIpc) is 2.29. The Morgan fingerprint density at radius 1 is 1.54 bits per heavy atom. The van der Waals surface area contributed by atoms with Gasteiger partial charge < -0.3 is 5.11 Å². The van der Waals surface area contributed by atoms with E-state index in [1.54, 1.807) is 18.5 Å². The number of aromatic nitrogens is 1. The van der Waals surface area contributed by atoms with Crippen molar-refractivity contribution >= 4 is 5.78 Å². The first-order valence-electron chi connectivity index (χ1n) is 4.44. The van der Waals surface area contributed by atoms with Crippen LogP contribution >= 0.6 is 0 Å². The van der Waals surface area contributed by atoms with Crippen LogP contribution in [0.25, 0.3) is 0 Å². The number of carbonyl (C=O) groups excluding carboxylic acids is 1. The number of hydrogen-bond donors (Lipinski definition) is 1. The fourth-order valence-electron chi connectivity index (χ4n) is 1.67. The Labute approximate surface area is 76.4 Å². The van der Waals surface area contributed by atoms with Crippen molar-refractivity contribution in [3.05, 3.63) is 29.6 Å². The minimum Gasteiger partial charge on any atom is -0.388 e. The number of aliphatic hydroxyl groups excluding tert-OH is 1. The van der Waals surface area contributed by atoms with Gasteiger partial charge in [-0.2, -0.15) is 0 Å². The van der Waals surface area contributed by atoms with Crippen LogP contribution in [0, 0.1) is 0 Å². The van der Waals surface area contributed by atoms with Gasteiger partial charge in [-0.15, -0.1) is 0 Å². The Kier molecular flexibility index (Phi) is 2.10. The van der Waals surface area contributed by atoms with E-state index in [1.807, 2.05) is 0 Å². The monoisotopic (exact) mass is 177 g/mol. The van der Waals surface area contributed by atoms with Crippen LogP contribution in [0.2, 0.25) is 0 Å². The zero-order chi connectivity index (χ0) is 9.26. The summed E-state index contributed by atoms with van der Waals surface area (Å²) >= 11 is 0. The molecule has 68 valence electrons. The van der Waals surface area contributed by atoms with Crippen molar-refractivity contribution in [1.29, 1.82) is 0 Å². The van der Waals surface area contributed by atoms with Crippen molar-refractivity contribution in [2.75, 3.05) is 0 Å². The van der Waals surface area contributed by atoms with Crippen molar-refractivity contribution in [1.82, 2.24) is 4.98 Å². The van der Waals surface area contributed by atoms with Gasteiger partial charge in [0, 0.05) is 29.9 Å². The van der Waals surface area contributed by atoms with E-state index in [1.165, 1.54) is 0 Å². The Balaban J connectivity index is 2.51. The lowest BCUT2D eigenvalue weighted by atomic mass is 10.0. The standard InChI is InChI=1S/C10H11NO2/c12-9-2-1-3-10(13)8-6-11-5-4-7(8)9/h4-6,10,13H,1-3H2. The first-order valence-corrected chi connectivity index (χ1v) is 4.44. The third-order valence-electron chi connectivity index (χ3n) is 2.39. The predicted molar refractivity (Wildman–Crippen MR) is 47.4 cm³/mol. The van der Waals surface area contributed by atoms with Crippen molar-refractivity contribution in [3.63, 3.8) is 0 Å². The quantitative estimate of drug-likeness (QED) is 0.611. The largest absolute Gasteiger partial charge is 0.388 e. The molecule has 3 nitrogen and oxygen atoms in total. The van der Waals surface area contributed by atoms with E-state index in [0.717, 1.165) is 6.42 Å². The zero-order valence-corrected chi connectivity index (χ0v) is 7.23. The molecule has 2 rings (SSSR count).